The van der Waals surface area contributed by atoms with E-state index in [0.717, 1.165) is 11.5 Å². The molecule has 3 rings (SSSR count). The van der Waals surface area contributed by atoms with Gasteiger partial charge < -0.3 is 9.47 Å². The smallest absolute Gasteiger partial charge is 0.262 e. The number of rotatable bonds is 4. The quantitative estimate of drug-likeness (QED) is 0.820. The van der Waals surface area contributed by atoms with Crippen LogP contribution in [0.15, 0.2) is 29.7 Å². The fourth-order valence-electron chi connectivity index (χ4n) is 2.58. The molecule has 24 heavy (non-hydrogen) atoms. The largest absolute Gasteiger partial charge is 0.352 e. The fraction of sp³-hybridized carbons (Fsp3) is 0.533. The van der Waals surface area contributed by atoms with Crippen LogP contribution in [0.1, 0.15) is 25.6 Å². The number of aryl methyl sites for hydroxylation is 1. The minimum atomic E-state index is -3.55. The number of sulfonamides is 1. The highest BCUT2D eigenvalue weighted by Gasteiger charge is 2.30. The van der Waals surface area contributed by atoms with Gasteiger partial charge in [0.25, 0.3) is 10.0 Å². The first-order valence-electron chi connectivity index (χ1n) is 7.97. The van der Waals surface area contributed by atoms with E-state index in [1.54, 1.807) is 17.1 Å². The Morgan fingerprint density at radius 2 is 1.79 bits per heavy atom. The molecule has 0 spiro atoms. The lowest BCUT2D eigenvalue weighted by molar-refractivity contribution is 0.382. The van der Waals surface area contributed by atoms with Crippen molar-refractivity contribution in [1.29, 1.82) is 0 Å². The molecule has 0 bridgehead atoms. The van der Waals surface area contributed by atoms with E-state index in [9.17, 15) is 8.42 Å². The number of anilines is 1. The van der Waals surface area contributed by atoms with E-state index in [-0.39, 0.29) is 11.1 Å². The van der Waals surface area contributed by atoms with E-state index in [1.165, 1.54) is 4.31 Å². The first kappa shape index (κ1) is 16.8. The standard InChI is InChI=1S/C15H22N6O2S/c1-12(2)20-10-15(16-11-20)24(22,23)21-8-6-19(7-9-21)14-5-4-13(3)17-18-14/h4-5,10-12H,6-9H2,1-3H3. The molecular formula is C15H22N6O2S. The lowest BCUT2D eigenvalue weighted by Crippen LogP contribution is -2.49. The Morgan fingerprint density at radius 3 is 2.33 bits per heavy atom. The summed E-state index contributed by atoms with van der Waals surface area (Å²) in [6, 6.07) is 4.00. The normalized spacial score (nSPS) is 16.8. The Bertz CT molecular complexity index is 792. The maximum atomic E-state index is 12.7. The average molecular weight is 350 g/mol. The van der Waals surface area contributed by atoms with Crippen LogP contribution in [0.2, 0.25) is 0 Å². The molecule has 3 heterocycles. The molecule has 0 N–H and O–H groups in total. The Hall–Kier alpha value is -2.00. The third-order valence-electron chi connectivity index (χ3n) is 4.12. The zero-order chi connectivity index (χ0) is 17.3. The third-order valence-corrected chi connectivity index (χ3v) is 5.91. The molecule has 8 nitrogen and oxygen atoms in total. The minimum absolute atomic E-state index is 0.111. The summed E-state index contributed by atoms with van der Waals surface area (Å²) >= 11 is 0. The van der Waals surface area contributed by atoms with Gasteiger partial charge in [0, 0.05) is 38.4 Å². The van der Waals surface area contributed by atoms with E-state index < -0.39 is 10.0 Å². The highest BCUT2D eigenvalue weighted by atomic mass is 32.2. The molecule has 1 saturated heterocycles. The molecule has 1 aliphatic rings. The molecule has 2 aromatic rings. The van der Waals surface area contributed by atoms with Gasteiger partial charge in [-0.05, 0) is 32.9 Å². The van der Waals surface area contributed by atoms with E-state index >= 15 is 0 Å². The second-order valence-electron chi connectivity index (χ2n) is 6.18. The maximum absolute atomic E-state index is 12.7. The average Bonchev–Trinajstić information content (AvgIpc) is 3.07. The predicted molar refractivity (Wildman–Crippen MR) is 90.4 cm³/mol. The lowest BCUT2D eigenvalue weighted by atomic mass is 10.3. The number of piperazine rings is 1. The van der Waals surface area contributed by atoms with Crippen molar-refractivity contribution < 1.29 is 8.42 Å². The van der Waals surface area contributed by atoms with Crippen LogP contribution in [0.4, 0.5) is 5.82 Å². The molecule has 0 amide bonds. The molecule has 0 aromatic carbocycles. The summed E-state index contributed by atoms with van der Waals surface area (Å²) in [5.74, 6) is 0.779. The molecular weight excluding hydrogens is 328 g/mol. The van der Waals surface area contributed by atoms with Gasteiger partial charge in [-0.1, -0.05) is 0 Å². The van der Waals surface area contributed by atoms with Gasteiger partial charge in [0.15, 0.2) is 10.8 Å². The summed E-state index contributed by atoms with van der Waals surface area (Å²) < 4.78 is 28.7. The Morgan fingerprint density at radius 1 is 1.08 bits per heavy atom. The molecule has 0 radical (unpaired) electrons. The van der Waals surface area contributed by atoms with Gasteiger partial charge >= 0.3 is 0 Å². The highest BCUT2D eigenvalue weighted by molar-refractivity contribution is 7.89. The first-order chi connectivity index (χ1) is 11.4. The van der Waals surface area contributed by atoms with E-state index in [1.807, 2.05) is 37.8 Å². The van der Waals surface area contributed by atoms with Crippen molar-refractivity contribution in [2.75, 3.05) is 31.1 Å². The van der Waals surface area contributed by atoms with Crippen LogP contribution in [0.25, 0.3) is 0 Å². The van der Waals surface area contributed by atoms with Gasteiger partial charge in [0.2, 0.25) is 0 Å². The fourth-order valence-corrected chi connectivity index (χ4v) is 3.93. The number of hydrogen-bond donors (Lipinski definition) is 0. The Labute approximate surface area is 142 Å². The molecule has 0 unspecified atom stereocenters. The molecule has 0 saturated carbocycles. The molecule has 0 aliphatic carbocycles. The van der Waals surface area contributed by atoms with Crippen molar-refractivity contribution in [3.8, 4) is 0 Å². The zero-order valence-corrected chi connectivity index (χ0v) is 14.9. The molecule has 9 heteroatoms. The van der Waals surface area contributed by atoms with Crippen molar-refractivity contribution in [2.24, 2.45) is 0 Å². The van der Waals surface area contributed by atoms with Crippen LogP contribution in [0.5, 0.6) is 0 Å². The van der Waals surface area contributed by atoms with E-state index in [4.69, 9.17) is 0 Å². The van der Waals surface area contributed by atoms with Crippen molar-refractivity contribution >= 4 is 15.8 Å². The summed E-state index contributed by atoms with van der Waals surface area (Å²) in [7, 11) is -3.55. The summed E-state index contributed by atoms with van der Waals surface area (Å²) in [4.78, 5) is 6.12. The van der Waals surface area contributed by atoms with Crippen LogP contribution >= 0.6 is 0 Å². The van der Waals surface area contributed by atoms with E-state index in [2.05, 4.69) is 15.2 Å². The van der Waals surface area contributed by atoms with Crippen molar-refractivity contribution in [2.45, 2.75) is 31.8 Å². The SMILES string of the molecule is Cc1ccc(N2CCN(S(=O)(=O)c3cn(C(C)C)cn3)CC2)nn1. The number of imidazole rings is 1. The summed E-state index contributed by atoms with van der Waals surface area (Å²) in [6.45, 7) is 7.85. The third kappa shape index (κ3) is 3.27. The maximum Gasteiger partial charge on any atom is 0.262 e. The number of hydrogen-bond acceptors (Lipinski definition) is 6. The molecule has 1 fully saturated rings. The number of aromatic nitrogens is 4. The summed E-state index contributed by atoms with van der Waals surface area (Å²) in [6.07, 6.45) is 3.16. The van der Waals surface area contributed by atoms with Crippen LogP contribution in [0.3, 0.4) is 0 Å². The number of nitrogens with zero attached hydrogens (tertiary/aromatic N) is 6. The molecule has 1 aliphatic heterocycles. The summed E-state index contributed by atoms with van der Waals surface area (Å²) in [5, 5.41) is 8.33. The lowest BCUT2D eigenvalue weighted by Gasteiger charge is -2.33. The van der Waals surface area contributed by atoms with Crippen molar-refractivity contribution in [3.63, 3.8) is 0 Å². The van der Waals surface area contributed by atoms with Gasteiger partial charge in [-0.3, -0.25) is 0 Å². The Balaban J connectivity index is 1.70. The minimum Gasteiger partial charge on any atom is -0.352 e. The van der Waals surface area contributed by atoms with Crippen LogP contribution in [0, 0.1) is 6.92 Å². The highest BCUT2D eigenvalue weighted by Crippen LogP contribution is 2.19. The molecule has 0 atom stereocenters. The van der Waals surface area contributed by atoms with Crippen LogP contribution in [-0.4, -0.2) is 58.7 Å². The van der Waals surface area contributed by atoms with Crippen molar-refractivity contribution in [1.82, 2.24) is 24.1 Å². The van der Waals surface area contributed by atoms with Gasteiger partial charge in [-0.25, -0.2) is 13.4 Å². The topological polar surface area (TPSA) is 84.2 Å². The second kappa shape index (κ2) is 6.48. The molecule has 130 valence electrons. The van der Waals surface area contributed by atoms with E-state index in [0.29, 0.717) is 26.2 Å². The summed E-state index contributed by atoms with van der Waals surface area (Å²) in [5.41, 5.74) is 0.862. The zero-order valence-electron chi connectivity index (χ0n) is 14.1. The first-order valence-corrected chi connectivity index (χ1v) is 9.41. The second-order valence-corrected chi connectivity index (χ2v) is 8.06. The monoisotopic (exact) mass is 350 g/mol. The van der Waals surface area contributed by atoms with Gasteiger partial charge in [-0.15, -0.1) is 5.10 Å². The van der Waals surface area contributed by atoms with Gasteiger partial charge in [0.1, 0.15) is 0 Å². The Kier molecular flexibility index (Phi) is 4.55. The van der Waals surface area contributed by atoms with Crippen molar-refractivity contribution in [3.05, 3.63) is 30.4 Å². The predicted octanol–water partition coefficient (Wildman–Crippen LogP) is 1.07. The van der Waals surface area contributed by atoms with Gasteiger partial charge in [-0.2, -0.15) is 9.40 Å². The van der Waals surface area contributed by atoms with Crippen LogP contribution < -0.4 is 4.90 Å². The molecule has 2 aromatic heterocycles. The van der Waals surface area contributed by atoms with Gasteiger partial charge in [0.05, 0.1) is 12.0 Å². The van der Waals surface area contributed by atoms with Crippen LogP contribution in [-0.2, 0) is 10.0 Å².